The molecule has 2 aromatic carbocycles. The number of fused-ring (bicyclic) bond motifs is 1. The number of aromatic carboxylic acids is 1. The number of nitrogens with one attached hydrogen (secondary N) is 1. The number of aromatic nitrogens is 1. The Kier molecular flexibility index (Phi) is 4.63. The molecule has 3 aromatic rings. The molecule has 2 heterocycles. The molecule has 0 saturated carbocycles. The van der Waals surface area contributed by atoms with Crippen molar-refractivity contribution in [2.45, 2.75) is 25.7 Å². The van der Waals surface area contributed by atoms with Gasteiger partial charge in [0.25, 0.3) is 5.91 Å². The van der Waals surface area contributed by atoms with E-state index < -0.39 is 5.97 Å². The van der Waals surface area contributed by atoms with Crippen LogP contribution in [-0.4, -0.2) is 40.0 Å². The first kappa shape index (κ1) is 18.2. The number of hydrogen-bond acceptors (Lipinski definition) is 2. The zero-order chi connectivity index (χ0) is 19.8. The minimum atomic E-state index is -0.952. The van der Waals surface area contributed by atoms with Crippen molar-refractivity contribution in [3.8, 4) is 0 Å². The van der Waals surface area contributed by atoms with Gasteiger partial charge in [0.15, 0.2) is 0 Å². The lowest BCUT2D eigenvalue weighted by molar-refractivity contribution is 0.0685. The van der Waals surface area contributed by atoms with E-state index >= 15 is 0 Å². The lowest BCUT2D eigenvalue weighted by Gasteiger charge is -2.33. The summed E-state index contributed by atoms with van der Waals surface area (Å²) < 4.78 is 13.6. The average Bonchev–Trinajstić information content (AvgIpc) is 3.03. The molecule has 0 radical (unpaired) electrons. The number of carboxylic acids is 1. The number of aryl methyl sites for hydroxylation is 1. The number of rotatable bonds is 3. The molecular formula is C22H21FN2O3. The van der Waals surface area contributed by atoms with Gasteiger partial charge in [0.05, 0.1) is 5.56 Å². The summed E-state index contributed by atoms with van der Waals surface area (Å²) in [4.78, 5) is 29.3. The molecule has 6 heteroatoms. The number of carbonyl (C=O) groups is 2. The molecule has 4 rings (SSSR count). The normalized spacial score (nSPS) is 17.1. The summed E-state index contributed by atoms with van der Waals surface area (Å²) in [5.41, 5.74) is 3.17. The number of amides is 1. The molecule has 1 saturated heterocycles. The molecule has 1 amide bonds. The number of benzene rings is 2. The summed E-state index contributed by atoms with van der Waals surface area (Å²) in [6.07, 6.45) is 1.76. The molecule has 144 valence electrons. The van der Waals surface area contributed by atoms with Gasteiger partial charge in [-0.1, -0.05) is 12.1 Å². The van der Waals surface area contributed by atoms with Gasteiger partial charge in [0, 0.05) is 29.9 Å². The fourth-order valence-corrected chi connectivity index (χ4v) is 4.03. The molecular weight excluding hydrogens is 359 g/mol. The quantitative estimate of drug-likeness (QED) is 0.710. The molecule has 2 N–H and O–H groups in total. The van der Waals surface area contributed by atoms with Gasteiger partial charge in [-0.25, -0.2) is 9.18 Å². The van der Waals surface area contributed by atoms with Gasteiger partial charge in [-0.3, -0.25) is 4.79 Å². The van der Waals surface area contributed by atoms with Crippen LogP contribution in [0.2, 0.25) is 0 Å². The van der Waals surface area contributed by atoms with E-state index in [2.05, 4.69) is 4.98 Å². The Labute approximate surface area is 161 Å². The van der Waals surface area contributed by atoms with Crippen molar-refractivity contribution in [1.82, 2.24) is 9.88 Å². The number of nitrogens with zero attached hydrogens (tertiary/aromatic N) is 1. The standard InChI is InChI=1S/C22H21FN2O3/c1-13-18-11-17(23)7-8-19(18)24-20(13)21(26)25-9-3-6-16(12-25)14-4-2-5-15(10-14)22(27)28/h2,4-5,7-8,10-11,16,24H,3,6,9,12H2,1H3,(H,27,28). The van der Waals surface area contributed by atoms with E-state index in [9.17, 15) is 19.1 Å². The molecule has 1 aliphatic heterocycles. The molecule has 1 aliphatic rings. The van der Waals surface area contributed by atoms with Crippen LogP contribution in [0.4, 0.5) is 4.39 Å². The lowest BCUT2D eigenvalue weighted by atomic mass is 9.89. The first-order chi connectivity index (χ1) is 13.4. The van der Waals surface area contributed by atoms with E-state index in [1.54, 1.807) is 29.2 Å². The van der Waals surface area contributed by atoms with Gasteiger partial charge in [0.2, 0.25) is 0 Å². The fourth-order valence-electron chi connectivity index (χ4n) is 4.03. The Morgan fingerprint density at radius 1 is 1.21 bits per heavy atom. The molecule has 1 atom stereocenters. The van der Waals surface area contributed by atoms with Gasteiger partial charge < -0.3 is 15.0 Å². The maximum Gasteiger partial charge on any atom is 0.335 e. The molecule has 1 fully saturated rings. The van der Waals surface area contributed by atoms with E-state index in [0.29, 0.717) is 24.2 Å². The number of H-pyrrole nitrogens is 1. The highest BCUT2D eigenvalue weighted by Crippen LogP contribution is 2.30. The van der Waals surface area contributed by atoms with Gasteiger partial charge >= 0.3 is 5.97 Å². The van der Waals surface area contributed by atoms with Crippen molar-refractivity contribution in [3.05, 3.63) is 70.7 Å². The molecule has 1 aromatic heterocycles. The number of piperidine rings is 1. The lowest BCUT2D eigenvalue weighted by Crippen LogP contribution is -2.39. The zero-order valence-corrected chi connectivity index (χ0v) is 15.5. The first-order valence-electron chi connectivity index (χ1n) is 9.34. The average molecular weight is 380 g/mol. The number of hydrogen-bond donors (Lipinski definition) is 2. The molecule has 5 nitrogen and oxygen atoms in total. The largest absolute Gasteiger partial charge is 0.478 e. The number of carbonyl (C=O) groups excluding carboxylic acids is 1. The van der Waals surface area contributed by atoms with Crippen molar-refractivity contribution in [1.29, 1.82) is 0 Å². The van der Waals surface area contributed by atoms with Crippen molar-refractivity contribution in [3.63, 3.8) is 0 Å². The highest BCUT2D eigenvalue weighted by atomic mass is 19.1. The fraction of sp³-hybridized carbons (Fsp3) is 0.273. The maximum atomic E-state index is 13.6. The molecule has 0 aliphatic carbocycles. The Morgan fingerprint density at radius 2 is 2.04 bits per heavy atom. The Bertz CT molecular complexity index is 1070. The van der Waals surface area contributed by atoms with E-state index in [1.165, 1.54) is 12.1 Å². The van der Waals surface area contributed by atoms with Crippen LogP contribution in [0.25, 0.3) is 10.9 Å². The van der Waals surface area contributed by atoms with E-state index in [-0.39, 0.29) is 23.2 Å². The Hall–Kier alpha value is -3.15. The predicted molar refractivity (Wildman–Crippen MR) is 104 cm³/mol. The number of carboxylic acid groups (broad SMARTS) is 1. The third kappa shape index (κ3) is 3.26. The van der Waals surface area contributed by atoms with Crippen molar-refractivity contribution >= 4 is 22.8 Å². The van der Waals surface area contributed by atoms with Crippen LogP contribution in [0.1, 0.15) is 50.7 Å². The van der Waals surface area contributed by atoms with Crippen molar-refractivity contribution in [2.75, 3.05) is 13.1 Å². The minimum Gasteiger partial charge on any atom is -0.478 e. The number of halogens is 1. The van der Waals surface area contributed by atoms with Crippen molar-refractivity contribution in [2.24, 2.45) is 0 Å². The summed E-state index contributed by atoms with van der Waals surface area (Å²) >= 11 is 0. The van der Waals surface area contributed by atoms with E-state index in [1.807, 2.05) is 13.0 Å². The van der Waals surface area contributed by atoms with Crippen LogP contribution >= 0.6 is 0 Å². The second-order valence-electron chi connectivity index (χ2n) is 7.34. The van der Waals surface area contributed by atoms with E-state index in [4.69, 9.17) is 0 Å². The van der Waals surface area contributed by atoms with Gasteiger partial charge in [-0.05, 0) is 61.2 Å². The number of aromatic amines is 1. The van der Waals surface area contributed by atoms with Gasteiger partial charge in [-0.2, -0.15) is 0 Å². The smallest absolute Gasteiger partial charge is 0.335 e. The maximum absolute atomic E-state index is 13.6. The predicted octanol–water partition coefficient (Wildman–Crippen LogP) is 4.33. The van der Waals surface area contributed by atoms with E-state index in [0.717, 1.165) is 29.5 Å². The zero-order valence-electron chi connectivity index (χ0n) is 15.5. The number of likely N-dealkylation sites (tertiary alicyclic amines) is 1. The monoisotopic (exact) mass is 380 g/mol. The summed E-state index contributed by atoms with van der Waals surface area (Å²) in [6, 6.07) is 11.4. The van der Waals surface area contributed by atoms with Crippen LogP contribution in [-0.2, 0) is 0 Å². The molecule has 0 bridgehead atoms. The summed E-state index contributed by atoms with van der Waals surface area (Å²) in [6.45, 7) is 3.01. The van der Waals surface area contributed by atoms with Crippen LogP contribution in [0.5, 0.6) is 0 Å². The van der Waals surface area contributed by atoms with Crippen LogP contribution in [0, 0.1) is 12.7 Å². The van der Waals surface area contributed by atoms with Gasteiger partial charge in [0.1, 0.15) is 11.5 Å². The first-order valence-corrected chi connectivity index (χ1v) is 9.34. The second kappa shape index (κ2) is 7.11. The molecule has 1 unspecified atom stereocenters. The third-order valence-corrected chi connectivity index (χ3v) is 5.55. The second-order valence-corrected chi connectivity index (χ2v) is 7.34. The Morgan fingerprint density at radius 3 is 2.82 bits per heavy atom. The highest BCUT2D eigenvalue weighted by molar-refractivity contribution is 6.01. The van der Waals surface area contributed by atoms with Crippen molar-refractivity contribution < 1.29 is 19.1 Å². The summed E-state index contributed by atoms with van der Waals surface area (Å²) in [7, 11) is 0. The molecule has 28 heavy (non-hydrogen) atoms. The van der Waals surface area contributed by atoms with Crippen LogP contribution in [0.15, 0.2) is 42.5 Å². The summed E-state index contributed by atoms with van der Waals surface area (Å²) in [5.74, 6) is -1.29. The SMILES string of the molecule is Cc1c(C(=O)N2CCCC(c3cccc(C(=O)O)c3)C2)[nH]c2ccc(F)cc12. The van der Waals surface area contributed by atoms with Crippen LogP contribution in [0.3, 0.4) is 0 Å². The van der Waals surface area contributed by atoms with Gasteiger partial charge in [-0.15, -0.1) is 0 Å². The topological polar surface area (TPSA) is 73.4 Å². The molecule has 0 spiro atoms. The summed E-state index contributed by atoms with van der Waals surface area (Å²) in [5, 5.41) is 9.93. The highest BCUT2D eigenvalue weighted by Gasteiger charge is 2.28. The minimum absolute atomic E-state index is 0.0964. The van der Waals surface area contributed by atoms with Crippen LogP contribution < -0.4 is 0 Å². The third-order valence-electron chi connectivity index (χ3n) is 5.55. The Balaban J connectivity index is 1.60.